The number of unbranched alkanes of at least 4 members (excludes halogenated alkanes) is 6. The summed E-state index contributed by atoms with van der Waals surface area (Å²) in [4.78, 5) is 25.6. The number of ether oxygens (including phenoxy) is 7. The minimum absolute atomic E-state index is 0.0154. The van der Waals surface area contributed by atoms with Crippen molar-refractivity contribution in [2.45, 2.75) is 94.3 Å². The molecular weight excluding hydrogens is 797 g/mol. The number of carbonyl (C=O) groups is 2. The highest BCUT2D eigenvalue weighted by Gasteiger charge is 2.33. The van der Waals surface area contributed by atoms with Crippen LogP contribution in [0.15, 0.2) is 107 Å². The van der Waals surface area contributed by atoms with Crippen molar-refractivity contribution in [3.05, 3.63) is 108 Å². The van der Waals surface area contributed by atoms with Gasteiger partial charge in [0, 0.05) is 18.6 Å². The molecule has 0 spiro atoms. The van der Waals surface area contributed by atoms with Crippen molar-refractivity contribution in [3.63, 3.8) is 0 Å². The molecule has 4 aromatic carbocycles. The molecule has 1 saturated heterocycles. The summed E-state index contributed by atoms with van der Waals surface area (Å²) >= 11 is 0. The van der Waals surface area contributed by atoms with Gasteiger partial charge in [-0.15, -0.1) is 0 Å². The number of sulfone groups is 1. The van der Waals surface area contributed by atoms with Crippen molar-refractivity contribution in [1.82, 2.24) is 0 Å². The number of benzene rings is 4. The number of hydrogen-bond acceptors (Lipinski definition) is 11. The average Bonchev–Trinajstić information content (AvgIpc) is 3.24. The lowest BCUT2D eigenvalue weighted by Gasteiger charge is -2.37. The standard InChI is InChI=1S/C49H60O11S/c1-48(28-11-29-48)34-54-30-7-3-5-9-32-57-40-16-12-38(13-17-40)46(50)59-42-20-24-44(25-21-42)61(52,53)45-26-22-43(23-27-45)60-47(51)39-14-18-41(19-15-39)58-33-10-6-4-8-31-55-35-49(2)36-56-37-49/h12-27H,3-11,28-37H2,1-2H3. The Morgan fingerprint density at radius 2 is 0.885 bits per heavy atom. The second-order valence-corrected chi connectivity index (χ2v) is 18.8. The summed E-state index contributed by atoms with van der Waals surface area (Å²) < 4.78 is 66.3. The third-order valence-electron chi connectivity index (χ3n) is 11.1. The molecule has 12 heteroatoms. The van der Waals surface area contributed by atoms with E-state index in [9.17, 15) is 18.0 Å². The predicted octanol–water partition coefficient (Wildman–Crippen LogP) is 10.1. The largest absolute Gasteiger partial charge is 0.494 e. The van der Waals surface area contributed by atoms with E-state index >= 15 is 0 Å². The van der Waals surface area contributed by atoms with Crippen LogP contribution >= 0.6 is 0 Å². The maximum atomic E-state index is 13.4. The van der Waals surface area contributed by atoms with E-state index in [1.165, 1.54) is 67.8 Å². The van der Waals surface area contributed by atoms with Crippen LogP contribution in [-0.4, -0.2) is 73.2 Å². The Kier molecular flexibility index (Phi) is 16.8. The van der Waals surface area contributed by atoms with Crippen molar-refractivity contribution >= 4 is 21.8 Å². The van der Waals surface area contributed by atoms with Crippen LogP contribution in [0.3, 0.4) is 0 Å². The van der Waals surface area contributed by atoms with Crippen molar-refractivity contribution in [1.29, 1.82) is 0 Å². The Morgan fingerprint density at radius 3 is 1.25 bits per heavy atom. The van der Waals surface area contributed by atoms with Crippen molar-refractivity contribution in [2.24, 2.45) is 10.8 Å². The van der Waals surface area contributed by atoms with Crippen molar-refractivity contribution in [3.8, 4) is 23.0 Å². The first-order valence-electron chi connectivity index (χ1n) is 21.6. The molecule has 0 N–H and O–H groups in total. The van der Waals surface area contributed by atoms with E-state index in [0.717, 1.165) is 91.0 Å². The molecule has 4 aromatic rings. The highest BCUT2D eigenvalue weighted by molar-refractivity contribution is 7.91. The highest BCUT2D eigenvalue weighted by atomic mass is 32.2. The molecule has 6 rings (SSSR count). The van der Waals surface area contributed by atoms with Crippen LogP contribution in [0.1, 0.15) is 105 Å². The van der Waals surface area contributed by atoms with Gasteiger partial charge in [0.1, 0.15) is 23.0 Å². The van der Waals surface area contributed by atoms with E-state index in [1.54, 1.807) is 48.5 Å². The summed E-state index contributed by atoms with van der Waals surface area (Å²) in [5.41, 5.74) is 1.27. The smallest absolute Gasteiger partial charge is 0.343 e. The molecule has 0 atom stereocenters. The van der Waals surface area contributed by atoms with Gasteiger partial charge in [-0.1, -0.05) is 33.1 Å². The molecule has 2 aliphatic rings. The molecule has 0 unspecified atom stereocenters. The lowest BCUT2D eigenvalue weighted by molar-refractivity contribution is -0.137. The Morgan fingerprint density at radius 1 is 0.508 bits per heavy atom. The molecule has 61 heavy (non-hydrogen) atoms. The van der Waals surface area contributed by atoms with Crippen LogP contribution in [0, 0.1) is 10.8 Å². The fourth-order valence-corrected chi connectivity index (χ4v) is 8.27. The zero-order chi connectivity index (χ0) is 43.0. The number of rotatable bonds is 26. The minimum Gasteiger partial charge on any atom is -0.494 e. The van der Waals surface area contributed by atoms with Gasteiger partial charge >= 0.3 is 11.9 Å². The van der Waals surface area contributed by atoms with Gasteiger partial charge in [-0.05, 0) is 154 Å². The zero-order valence-corrected chi connectivity index (χ0v) is 36.4. The first-order valence-corrected chi connectivity index (χ1v) is 23.1. The van der Waals surface area contributed by atoms with Crippen LogP contribution < -0.4 is 18.9 Å². The van der Waals surface area contributed by atoms with E-state index in [2.05, 4.69) is 13.8 Å². The Bertz CT molecular complexity index is 1930. The van der Waals surface area contributed by atoms with Gasteiger partial charge in [0.25, 0.3) is 0 Å². The summed E-state index contributed by atoms with van der Waals surface area (Å²) in [7, 11) is -3.91. The number of esters is 2. The molecule has 0 bridgehead atoms. The summed E-state index contributed by atoms with van der Waals surface area (Å²) in [6.07, 6.45) is 12.1. The first kappa shape index (κ1) is 45.8. The van der Waals surface area contributed by atoms with Gasteiger partial charge in [0.2, 0.25) is 9.84 Å². The first-order chi connectivity index (χ1) is 29.5. The molecular formula is C49H60O11S. The van der Waals surface area contributed by atoms with E-state index in [-0.39, 0.29) is 26.7 Å². The number of hydrogen-bond donors (Lipinski definition) is 0. The molecule has 328 valence electrons. The number of carbonyl (C=O) groups excluding carboxylic acids is 2. The zero-order valence-electron chi connectivity index (χ0n) is 35.6. The molecule has 11 nitrogen and oxygen atoms in total. The van der Waals surface area contributed by atoms with E-state index in [0.29, 0.717) is 41.3 Å². The summed E-state index contributed by atoms with van der Waals surface area (Å²) in [6, 6.07) is 24.7. The van der Waals surface area contributed by atoms with Gasteiger partial charge in [-0.3, -0.25) is 0 Å². The van der Waals surface area contributed by atoms with E-state index in [1.807, 2.05) is 0 Å². The summed E-state index contributed by atoms with van der Waals surface area (Å²) in [5, 5.41) is 0. The van der Waals surface area contributed by atoms with Crippen LogP contribution in [0.4, 0.5) is 0 Å². The average molecular weight is 857 g/mol. The van der Waals surface area contributed by atoms with Crippen LogP contribution in [0.2, 0.25) is 0 Å². The maximum Gasteiger partial charge on any atom is 0.343 e. The van der Waals surface area contributed by atoms with Crippen LogP contribution in [0.5, 0.6) is 23.0 Å². The van der Waals surface area contributed by atoms with Gasteiger partial charge in [-0.2, -0.15) is 0 Å². The quantitative estimate of drug-likeness (QED) is 0.0340. The van der Waals surface area contributed by atoms with Crippen molar-refractivity contribution in [2.75, 3.05) is 52.9 Å². The monoisotopic (exact) mass is 856 g/mol. The normalized spacial score (nSPS) is 15.2. The third kappa shape index (κ3) is 14.1. The van der Waals surface area contributed by atoms with Gasteiger partial charge in [0.15, 0.2) is 0 Å². The fourth-order valence-electron chi connectivity index (χ4n) is 7.01. The maximum absolute atomic E-state index is 13.4. The minimum atomic E-state index is -3.91. The second-order valence-electron chi connectivity index (χ2n) is 16.9. The predicted molar refractivity (Wildman–Crippen MR) is 232 cm³/mol. The molecule has 2 fully saturated rings. The van der Waals surface area contributed by atoms with Gasteiger partial charge in [-0.25, -0.2) is 18.0 Å². The SMILES string of the molecule is CC1(COCCCCCCOc2ccc(C(=O)Oc3ccc(S(=O)(=O)c4ccc(OC(=O)c5ccc(OCCCCCCOCC6(C)COC6)cc5)cc4)cc3)cc2)CCC1. The van der Waals surface area contributed by atoms with Crippen molar-refractivity contribution < 1.29 is 51.2 Å². The molecule has 1 aliphatic heterocycles. The fraction of sp³-hybridized carbons (Fsp3) is 0.469. The molecule has 0 aromatic heterocycles. The molecule has 1 heterocycles. The van der Waals surface area contributed by atoms with Crippen LogP contribution in [-0.2, 0) is 24.0 Å². The molecule has 1 saturated carbocycles. The summed E-state index contributed by atoms with van der Waals surface area (Å²) in [5.74, 6) is 0.577. The summed E-state index contributed by atoms with van der Waals surface area (Å²) in [6.45, 7) is 10.4. The van der Waals surface area contributed by atoms with Gasteiger partial charge in [0.05, 0.1) is 60.6 Å². The topological polar surface area (TPSA) is 133 Å². The second kappa shape index (κ2) is 22.4. The lowest BCUT2D eigenvalue weighted by Crippen LogP contribution is -2.43. The Labute approximate surface area is 360 Å². The highest BCUT2D eigenvalue weighted by Crippen LogP contribution is 2.40. The Hall–Kier alpha value is -4.75. The van der Waals surface area contributed by atoms with Gasteiger partial charge < -0.3 is 33.2 Å². The molecule has 0 amide bonds. The Balaban J connectivity index is 0.856. The van der Waals surface area contributed by atoms with E-state index < -0.39 is 21.8 Å². The van der Waals surface area contributed by atoms with Crippen LogP contribution in [0.25, 0.3) is 0 Å². The molecule has 1 aliphatic carbocycles. The molecule has 0 radical (unpaired) electrons. The third-order valence-corrected chi connectivity index (χ3v) is 12.9. The lowest BCUT2D eigenvalue weighted by atomic mass is 9.71. The van der Waals surface area contributed by atoms with E-state index in [4.69, 9.17) is 33.2 Å².